The summed E-state index contributed by atoms with van der Waals surface area (Å²) in [5, 5.41) is 15.8. The zero-order valence-electron chi connectivity index (χ0n) is 10.3. The molecular formula is C12H12FN3O3. The fourth-order valence-electron chi connectivity index (χ4n) is 1.69. The molecule has 0 bridgehead atoms. The molecule has 0 saturated carbocycles. The van der Waals surface area contributed by atoms with Crippen molar-refractivity contribution in [2.45, 2.75) is 0 Å². The Morgan fingerprint density at radius 1 is 1.53 bits per heavy atom. The second kappa shape index (κ2) is 4.97. The van der Waals surface area contributed by atoms with Crippen LogP contribution in [0.25, 0.3) is 0 Å². The van der Waals surface area contributed by atoms with Crippen LogP contribution in [-0.4, -0.2) is 28.0 Å². The summed E-state index contributed by atoms with van der Waals surface area (Å²) in [7, 11) is 3.17. The molecule has 1 aromatic carbocycles. The molecule has 2 rings (SSSR count). The molecule has 2 N–H and O–H groups in total. The highest BCUT2D eigenvalue weighted by Gasteiger charge is 2.16. The molecule has 7 heteroatoms. The maximum Gasteiger partial charge on any atom is 0.340 e. The Morgan fingerprint density at radius 3 is 2.84 bits per heavy atom. The van der Waals surface area contributed by atoms with E-state index in [1.807, 2.05) is 0 Å². The lowest BCUT2D eigenvalue weighted by molar-refractivity contribution is 0.0693. The van der Waals surface area contributed by atoms with Crippen LogP contribution in [0.4, 0.5) is 15.9 Å². The van der Waals surface area contributed by atoms with Crippen LogP contribution < -0.4 is 10.1 Å². The van der Waals surface area contributed by atoms with Crippen LogP contribution >= 0.6 is 0 Å². The first-order chi connectivity index (χ1) is 9.02. The van der Waals surface area contributed by atoms with Gasteiger partial charge < -0.3 is 15.2 Å². The molecule has 0 atom stereocenters. The van der Waals surface area contributed by atoms with Crippen molar-refractivity contribution in [3.63, 3.8) is 0 Å². The number of rotatable bonds is 4. The van der Waals surface area contributed by atoms with Gasteiger partial charge in [-0.1, -0.05) is 6.07 Å². The second-order valence-electron chi connectivity index (χ2n) is 3.79. The van der Waals surface area contributed by atoms with Crippen LogP contribution in [-0.2, 0) is 7.05 Å². The number of halogens is 1. The smallest absolute Gasteiger partial charge is 0.340 e. The lowest BCUT2D eigenvalue weighted by Gasteiger charge is -2.07. The lowest BCUT2D eigenvalue weighted by atomic mass is 10.1. The van der Waals surface area contributed by atoms with Crippen molar-refractivity contribution in [2.75, 3.05) is 12.4 Å². The van der Waals surface area contributed by atoms with Crippen LogP contribution in [0.5, 0.6) is 5.88 Å². The minimum Gasteiger partial charge on any atom is -0.481 e. The first-order valence-electron chi connectivity index (χ1n) is 5.39. The third kappa shape index (κ3) is 2.49. The average molecular weight is 265 g/mol. The quantitative estimate of drug-likeness (QED) is 0.884. The van der Waals surface area contributed by atoms with Gasteiger partial charge >= 0.3 is 5.97 Å². The van der Waals surface area contributed by atoms with Crippen molar-refractivity contribution in [3.8, 4) is 5.88 Å². The molecule has 1 aromatic heterocycles. The topological polar surface area (TPSA) is 76.4 Å². The maximum absolute atomic E-state index is 13.5. The van der Waals surface area contributed by atoms with Gasteiger partial charge in [0.1, 0.15) is 11.4 Å². The minimum atomic E-state index is -1.34. The van der Waals surface area contributed by atoms with Crippen LogP contribution in [0.3, 0.4) is 0 Å². The van der Waals surface area contributed by atoms with Crippen LogP contribution in [0.1, 0.15) is 10.4 Å². The van der Waals surface area contributed by atoms with Crippen molar-refractivity contribution in [2.24, 2.45) is 7.05 Å². The number of aryl methyl sites for hydroxylation is 1. The summed E-state index contributed by atoms with van der Waals surface area (Å²) in [6, 6.07) is 5.56. The van der Waals surface area contributed by atoms with Gasteiger partial charge in [0.15, 0.2) is 5.82 Å². The van der Waals surface area contributed by atoms with Crippen molar-refractivity contribution in [3.05, 3.63) is 35.6 Å². The molecule has 6 nitrogen and oxygen atoms in total. The van der Waals surface area contributed by atoms with Gasteiger partial charge in [0, 0.05) is 13.1 Å². The fourth-order valence-corrected chi connectivity index (χ4v) is 1.69. The van der Waals surface area contributed by atoms with E-state index in [0.717, 1.165) is 6.07 Å². The minimum absolute atomic E-state index is 0.133. The van der Waals surface area contributed by atoms with Gasteiger partial charge in [0.25, 0.3) is 0 Å². The number of aromatic nitrogens is 2. The highest BCUT2D eigenvalue weighted by molar-refractivity contribution is 5.95. The van der Waals surface area contributed by atoms with E-state index in [4.69, 9.17) is 9.84 Å². The Hall–Kier alpha value is -2.57. The van der Waals surface area contributed by atoms with Gasteiger partial charge in [0.05, 0.1) is 12.8 Å². The van der Waals surface area contributed by atoms with E-state index >= 15 is 0 Å². The molecule has 2 aromatic rings. The highest BCUT2D eigenvalue weighted by atomic mass is 19.1. The molecule has 0 aliphatic rings. The second-order valence-corrected chi connectivity index (χ2v) is 3.79. The number of aromatic carboxylic acids is 1. The first kappa shape index (κ1) is 12.9. The summed E-state index contributed by atoms with van der Waals surface area (Å²) in [4.78, 5) is 11.0. The van der Waals surface area contributed by atoms with Crippen LogP contribution in [0, 0.1) is 5.82 Å². The van der Waals surface area contributed by atoms with Crippen molar-refractivity contribution in [1.82, 2.24) is 9.78 Å². The Balaban J connectivity index is 2.37. The number of nitrogens with one attached hydrogen (secondary N) is 1. The van der Waals surface area contributed by atoms with E-state index in [9.17, 15) is 9.18 Å². The Kier molecular flexibility index (Phi) is 3.37. The molecule has 0 radical (unpaired) electrons. The Bertz CT molecular complexity index is 625. The number of carboxylic acids is 1. The normalized spacial score (nSPS) is 10.3. The molecule has 19 heavy (non-hydrogen) atoms. The molecule has 0 saturated heterocycles. The number of anilines is 2. The third-order valence-corrected chi connectivity index (χ3v) is 2.54. The lowest BCUT2D eigenvalue weighted by Crippen LogP contribution is -2.06. The van der Waals surface area contributed by atoms with Crippen molar-refractivity contribution < 1.29 is 19.0 Å². The van der Waals surface area contributed by atoms with Gasteiger partial charge in [-0.05, 0) is 12.1 Å². The first-order valence-corrected chi connectivity index (χ1v) is 5.39. The molecule has 0 spiro atoms. The number of carbonyl (C=O) groups is 1. The van der Waals surface area contributed by atoms with Gasteiger partial charge in [-0.25, -0.2) is 13.9 Å². The summed E-state index contributed by atoms with van der Waals surface area (Å²) in [6.45, 7) is 0. The number of methoxy groups -OCH3 is 1. The molecule has 0 aliphatic carbocycles. The largest absolute Gasteiger partial charge is 0.481 e. The van der Waals surface area contributed by atoms with E-state index in [2.05, 4.69) is 10.4 Å². The third-order valence-electron chi connectivity index (χ3n) is 2.54. The number of nitrogens with zero attached hydrogens (tertiary/aromatic N) is 2. The van der Waals surface area contributed by atoms with Gasteiger partial charge in [0.2, 0.25) is 5.88 Å². The average Bonchev–Trinajstić information content (AvgIpc) is 2.69. The zero-order valence-corrected chi connectivity index (χ0v) is 10.3. The number of ether oxygens (including phenoxy) is 1. The van der Waals surface area contributed by atoms with Crippen molar-refractivity contribution in [1.29, 1.82) is 0 Å². The number of benzene rings is 1. The highest BCUT2D eigenvalue weighted by Crippen LogP contribution is 2.24. The van der Waals surface area contributed by atoms with Crippen LogP contribution in [0.2, 0.25) is 0 Å². The number of hydrogen-bond acceptors (Lipinski definition) is 4. The molecule has 0 fully saturated rings. The molecule has 1 heterocycles. The van der Waals surface area contributed by atoms with E-state index in [1.165, 1.54) is 23.9 Å². The summed E-state index contributed by atoms with van der Waals surface area (Å²) in [5.74, 6) is -1.29. The molecule has 0 amide bonds. The standard InChI is InChI=1S/C12H12FN3O3/c1-16-10(19-2)6-9(15-16)14-8-5-3-4-7(13)11(8)12(17)18/h3-6H,1-2H3,(H,14,15)(H,17,18). The number of carboxylic acid groups (broad SMARTS) is 1. The SMILES string of the molecule is COc1cc(Nc2cccc(F)c2C(=O)O)nn1C. The van der Waals surface area contributed by atoms with E-state index in [-0.39, 0.29) is 5.69 Å². The molecule has 0 unspecified atom stereocenters. The van der Waals surface area contributed by atoms with Gasteiger partial charge in [-0.15, -0.1) is 0 Å². The monoisotopic (exact) mass is 265 g/mol. The van der Waals surface area contributed by atoms with Crippen molar-refractivity contribution >= 4 is 17.5 Å². The maximum atomic E-state index is 13.5. The Morgan fingerprint density at radius 2 is 2.26 bits per heavy atom. The molecule has 0 aliphatic heterocycles. The molecular weight excluding hydrogens is 253 g/mol. The van der Waals surface area contributed by atoms with E-state index in [0.29, 0.717) is 11.7 Å². The van der Waals surface area contributed by atoms with E-state index in [1.54, 1.807) is 13.1 Å². The Labute approximate surface area is 108 Å². The zero-order chi connectivity index (χ0) is 14.0. The number of hydrogen-bond donors (Lipinski definition) is 2. The predicted molar refractivity (Wildman–Crippen MR) is 66.4 cm³/mol. The fraction of sp³-hybridized carbons (Fsp3) is 0.167. The van der Waals surface area contributed by atoms with Gasteiger partial charge in [-0.2, -0.15) is 5.10 Å². The summed E-state index contributed by atoms with van der Waals surface area (Å²) in [5.41, 5.74) is -0.291. The molecule has 100 valence electrons. The van der Waals surface area contributed by atoms with Gasteiger partial charge in [-0.3, -0.25) is 0 Å². The summed E-state index contributed by atoms with van der Waals surface area (Å²) < 4.78 is 20.0. The van der Waals surface area contributed by atoms with Crippen LogP contribution in [0.15, 0.2) is 24.3 Å². The summed E-state index contributed by atoms with van der Waals surface area (Å²) >= 11 is 0. The van der Waals surface area contributed by atoms with E-state index < -0.39 is 17.3 Å². The summed E-state index contributed by atoms with van der Waals surface area (Å²) in [6.07, 6.45) is 0. The predicted octanol–water partition coefficient (Wildman–Crippen LogP) is 2.01.